The van der Waals surface area contributed by atoms with E-state index in [1.54, 1.807) is 18.5 Å². The second-order valence-electron chi connectivity index (χ2n) is 6.48. The molecule has 0 saturated carbocycles. The van der Waals surface area contributed by atoms with E-state index in [4.69, 9.17) is 16.0 Å². The number of anilines is 1. The van der Waals surface area contributed by atoms with Gasteiger partial charge in [-0.05, 0) is 42.8 Å². The van der Waals surface area contributed by atoms with Gasteiger partial charge in [-0.1, -0.05) is 29.8 Å². The lowest BCUT2D eigenvalue weighted by molar-refractivity contribution is -0.116. The minimum Gasteiger partial charge on any atom is -0.441 e. The summed E-state index contributed by atoms with van der Waals surface area (Å²) < 4.78 is 5.75. The van der Waals surface area contributed by atoms with Crippen molar-refractivity contribution in [2.45, 2.75) is 19.8 Å². The number of aryl methyl sites for hydroxylation is 2. The molecule has 0 unspecified atom stereocenters. The molecular weight excluding hydrogens is 374 g/mol. The third-order valence-corrected chi connectivity index (χ3v) is 4.83. The number of benzene rings is 2. The first-order valence-corrected chi connectivity index (χ1v) is 9.33. The summed E-state index contributed by atoms with van der Waals surface area (Å²) in [7, 11) is 0. The van der Waals surface area contributed by atoms with E-state index >= 15 is 0 Å². The molecule has 2 aromatic carbocycles. The molecule has 0 bridgehead atoms. The molecule has 4 aromatic rings. The van der Waals surface area contributed by atoms with Crippen LogP contribution in [0, 0.1) is 6.92 Å². The monoisotopic (exact) mass is 391 g/mol. The molecule has 0 aliphatic heterocycles. The van der Waals surface area contributed by atoms with Crippen LogP contribution >= 0.6 is 11.6 Å². The number of hydrogen-bond donors (Lipinski definition) is 1. The van der Waals surface area contributed by atoms with Crippen LogP contribution in [0.1, 0.15) is 17.9 Å². The molecule has 4 rings (SSSR count). The molecule has 0 saturated heterocycles. The van der Waals surface area contributed by atoms with Crippen LogP contribution in [0.4, 0.5) is 5.69 Å². The molecule has 5 nitrogen and oxygen atoms in total. The number of halogens is 1. The van der Waals surface area contributed by atoms with Gasteiger partial charge in [-0.25, -0.2) is 4.98 Å². The van der Waals surface area contributed by atoms with Crippen molar-refractivity contribution in [2.75, 3.05) is 5.32 Å². The molecule has 6 heteroatoms. The summed E-state index contributed by atoms with van der Waals surface area (Å²) in [5, 5.41) is 4.48. The van der Waals surface area contributed by atoms with Gasteiger partial charge in [0, 0.05) is 30.0 Å². The van der Waals surface area contributed by atoms with E-state index in [0.717, 1.165) is 27.7 Å². The maximum absolute atomic E-state index is 12.4. The molecule has 0 aliphatic rings. The minimum absolute atomic E-state index is 0.105. The van der Waals surface area contributed by atoms with E-state index < -0.39 is 0 Å². The zero-order valence-electron chi connectivity index (χ0n) is 15.3. The second-order valence-corrected chi connectivity index (χ2v) is 6.88. The predicted octanol–water partition coefficient (Wildman–Crippen LogP) is 5.42. The number of carbonyl (C=O) groups excluding carboxylic acids is 1. The highest BCUT2D eigenvalue weighted by Gasteiger charge is 2.12. The molecule has 2 heterocycles. The molecule has 1 N–H and O–H groups in total. The van der Waals surface area contributed by atoms with Gasteiger partial charge in [0.05, 0.1) is 22.4 Å². The Morgan fingerprint density at radius 2 is 1.96 bits per heavy atom. The van der Waals surface area contributed by atoms with Gasteiger partial charge in [0.1, 0.15) is 0 Å². The Labute approximate surface area is 167 Å². The fourth-order valence-electron chi connectivity index (χ4n) is 3.07. The summed E-state index contributed by atoms with van der Waals surface area (Å²) in [4.78, 5) is 21.1. The third kappa shape index (κ3) is 3.75. The lowest BCUT2D eigenvalue weighted by Crippen LogP contribution is -2.12. The largest absolute Gasteiger partial charge is 0.441 e. The Morgan fingerprint density at radius 1 is 1.11 bits per heavy atom. The first kappa shape index (κ1) is 18.2. The van der Waals surface area contributed by atoms with Gasteiger partial charge in [-0.2, -0.15) is 0 Å². The van der Waals surface area contributed by atoms with Crippen molar-refractivity contribution < 1.29 is 9.21 Å². The topological polar surface area (TPSA) is 68.0 Å². The lowest BCUT2D eigenvalue weighted by atomic mass is 10.1. The van der Waals surface area contributed by atoms with E-state index in [-0.39, 0.29) is 12.3 Å². The number of hydrogen-bond acceptors (Lipinski definition) is 4. The molecule has 28 heavy (non-hydrogen) atoms. The number of carbonyl (C=O) groups is 1. The number of rotatable bonds is 5. The number of fused-ring (bicyclic) bond motifs is 1. The Morgan fingerprint density at radius 3 is 2.82 bits per heavy atom. The van der Waals surface area contributed by atoms with Crippen molar-refractivity contribution >= 4 is 34.1 Å². The lowest BCUT2D eigenvalue weighted by Gasteiger charge is -2.09. The Kier molecular flexibility index (Phi) is 5.08. The predicted molar refractivity (Wildman–Crippen MR) is 110 cm³/mol. The minimum atomic E-state index is -0.105. The zero-order valence-corrected chi connectivity index (χ0v) is 16.0. The number of pyridine rings is 1. The summed E-state index contributed by atoms with van der Waals surface area (Å²) >= 11 is 6.19. The Hall–Kier alpha value is -3.18. The molecule has 1 amide bonds. The van der Waals surface area contributed by atoms with Gasteiger partial charge in [0.25, 0.3) is 0 Å². The van der Waals surface area contributed by atoms with Crippen LogP contribution in [0.5, 0.6) is 0 Å². The molecule has 0 aliphatic carbocycles. The van der Waals surface area contributed by atoms with Crippen LogP contribution in [-0.2, 0) is 11.2 Å². The van der Waals surface area contributed by atoms with E-state index in [9.17, 15) is 4.79 Å². The quantitative estimate of drug-likeness (QED) is 0.493. The third-order valence-electron chi connectivity index (χ3n) is 4.50. The Bertz CT molecular complexity index is 1150. The van der Waals surface area contributed by atoms with Crippen LogP contribution < -0.4 is 5.32 Å². The number of oxazole rings is 1. The first-order chi connectivity index (χ1) is 13.6. The van der Waals surface area contributed by atoms with Crippen LogP contribution in [-0.4, -0.2) is 15.9 Å². The standard InChI is InChI=1S/C22H18ClN3O2/c1-14-8-9-18(16-6-4-12-24-22(14)16)26-20(27)10-11-21-25-13-19(28-21)15-5-2-3-7-17(15)23/h2-9,12-13H,10-11H2,1H3,(H,26,27). The van der Waals surface area contributed by atoms with Crippen molar-refractivity contribution in [1.82, 2.24) is 9.97 Å². The zero-order chi connectivity index (χ0) is 19.5. The summed E-state index contributed by atoms with van der Waals surface area (Å²) in [5.41, 5.74) is 3.49. The number of aromatic nitrogens is 2. The van der Waals surface area contributed by atoms with Crippen molar-refractivity contribution in [1.29, 1.82) is 0 Å². The fraction of sp³-hybridized carbons (Fsp3) is 0.136. The van der Waals surface area contributed by atoms with Gasteiger partial charge in [0.15, 0.2) is 11.7 Å². The molecule has 0 radical (unpaired) electrons. The normalized spacial score (nSPS) is 10.9. The average Bonchev–Trinajstić information content (AvgIpc) is 3.18. The molecule has 0 fully saturated rings. The smallest absolute Gasteiger partial charge is 0.224 e. The number of amides is 1. The summed E-state index contributed by atoms with van der Waals surface area (Å²) in [5.74, 6) is 0.989. The van der Waals surface area contributed by atoms with E-state index in [1.807, 2.05) is 49.4 Å². The van der Waals surface area contributed by atoms with Gasteiger partial charge in [0.2, 0.25) is 5.91 Å². The van der Waals surface area contributed by atoms with Crippen molar-refractivity contribution in [2.24, 2.45) is 0 Å². The molecule has 140 valence electrons. The van der Waals surface area contributed by atoms with Gasteiger partial charge >= 0.3 is 0 Å². The van der Waals surface area contributed by atoms with E-state index in [2.05, 4.69) is 15.3 Å². The highest BCUT2D eigenvalue weighted by molar-refractivity contribution is 6.33. The number of nitrogens with one attached hydrogen (secondary N) is 1. The number of nitrogens with zero attached hydrogens (tertiary/aromatic N) is 2. The Balaban J connectivity index is 1.43. The van der Waals surface area contributed by atoms with Gasteiger partial charge < -0.3 is 9.73 Å². The van der Waals surface area contributed by atoms with E-state index in [1.165, 1.54) is 0 Å². The summed E-state index contributed by atoms with van der Waals surface area (Å²) in [6, 6.07) is 15.1. The van der Waals surface area contributed by atoms with Gasteiger partial charge in [-0.3, -0.25) is 9.78 Å². The summed E-state index contributed by atoms with van der Waals surface area (Å²) in [6.45, 7) is 2.00. The fourth-order valence-corrected chi connectivity index (χ4v) is 3.30. The maximum Gasteiger partial charge on any atom is 0.224 e. The van der Waals surface area contributed by atoms with Gasteiger partial charge in [-0.15, -0.1) is 0 Å². The second kappa shape index (κ2) is 7.82. The van der Waals surface area contributed by atoms with E-state index in [0.29, 0.717) is 23.1 Å². The SMILES string of the molecule is Cc1ccc(NC(=O)CCc2ncc(-c3ccccc3Cl)o2)c2cccnc12. The van der Waals surface area contributed by atoms with Crippen molar-refractivity contribution in [3.8, 4) is 11.3 Å². The highest BCUT2D eigenvalue weighted by atomic mass is 35.5. The van der Waals surface area contributed by atoms with Crippen LogP contribution in [0.25, 0.3) is 22.2 Å². The van der Waals surface area contributed by atoms with Crippen molar-refractivity contribution in [3.63, 3.8) is 0 Å². The molecule has 0 spiro atoms. The molecule has 0 atom stereocenters. The van der Waals surface area contributed by atoms with Crippen molar-refractivity contribution in [3.05, 3.63) is 77.4 Å². The average molecular weight is 392 g/mol. The highest BCUT2D eigenvalue weighted by Crippen LogP contribution is 2.28. The van der Waals surface area contributed by atoms with Crippen LogP contribution in [0.2, 0.25) is 5.02 Å². The maximum atomic E-state index is 12.4. The van der Waals surface area contributed by atoms with Crippen LogP contribution in [0.15, 0.2) is 65.3 Å². The summed E-state index contributed by atoms with van der Waals surface area (Å²) in [6.07, 6.45) is 4.05. The van der Waals surface area contributed by atoms with Crippen LogP contribution in [0.3, 0.4) is 0 Å². The molecular formula is C22H18ClN3O2. The first-order valence-electron chi connectivity index (χ1n) is 8.95. The molecule has 2 aromatic heterocycles.